The van der Waals surface area contributed by atoms with Gasteiger partial charge in [0.2, 0.25) is 0 Å². The number of ether oxygens (including phenoxy) is 2. The molecule has 6 nitrogen and oxygen atoms in total. The molecule has 1 aliphatic heterocycles. The van der Waals surface area contributed by atoms with E-state index in [-0.39, 0.29) is 30.0 Å². The zero-order valence-electron chi connectivity index (χ0n) is 14.9. The molecule has 0 aromatic heterocycles. The van der Waals surface area contributed by atoms with Crippen molar-refractivity contribution in [1.82, 2.24) is 5.32 Å². The SMILES string of the molecule is C=CC(O)(CC(=N)c1cc(F)cc(F)c1)C(=O)N[C@H]1CO[C@@H](C(=C)OC)C1. The van der Waals surface area contributed by atoms with Gasteiger partial charge < -0.3 is 25.3 Å². The summed E-state index contributed by atoms with van der Waals surface area (Å²) in [6, 6.07) is 2.20. The van der Waals surface area contributed by atoms with E-state index in [1.807, 2.05) is 0 Å². The Labute approximate surface area is 156 Å². The number of hydrogen-bond acceptors (Lipinski definition) is 5. The highest BCUT2D eigenvalue weighted by Crippen LogP contribution is 2.22. The molecule has 1 saturated heterocycles. The number of hydrogen-bond donors (Lipinski definition) is 3. The van der Waals surface area contributed by atoms with Crippen molar-refractivity contribution < 1.29 is 28.2 Å². The lowest BCUT2D eigenvalue weighted by Gasteiger charge is -2.25. The zero-order valence-corrected chi connectivity index (χ0v) is 14.9. The summed E-state index contributed by atoms with van der Waals surface area (Å²) >= 11 is 0. The Morgan fingerprint density at radius 2 is 2.11 bits per heavy atom. The van der Waals surface area contributed by atoms with Crippen LogP contribution in [0.15, 0.2) is 43.2 Å². The average Bonchev–Trinajstić information content (AvgIpc) is 3.08. The van der Waals surface area contributed by atoms with Gasteiger partial charge in [0.25, 0.3) is 5.91 Å². The second-order valence-electron chi connectivity index (χ2n) is 6.34. The first kappa shape index (κ1) is 20.7. The minimum absolute atomic E-state index is 0.0683. The molecular formula is C19H22F2N2O4. The monoisotopic (exact) mass is 380 g/mol. The van der Waals surface area contributed by atoms with Crippen LogP contribution in [-0.4, -0.2) is 48.2 Å². The Balaban J connectivity index is 2.05. The maximum Gasteiger partial charge on any atom is 0.256 e. The lowest BCUT2D eigenvalue weighted by molar-refractivity contribution is -0.135. The predicted molar refractivity (Wildman–Crippen MR) is 95.4 cm³/mol. The molecule has 3 atom stereocenters. The number of carbonyl (C=O) groups is 1. The van der Waals surface area contributed by atoms with E-state index in [1.54, 1.807) is 0 Å². The van der Waals surface area contributed by atoms with Crippen LogP contribution in [0.4, 0.5) is 8.78 Å². The van der Waals surface area contributed by atoms with Gasteiger partial charge in [-0.3, -0.25) is 4.79 Å². The molecule has 1 amide bonds. The fourth-order valence-corrected chi connectivity index (χ4v) is 2.74. The molecule has 8 heteroatoms. The molecule has 1 heterocycles. The Kier molecular flexibility index (Phi) is 6.45. The molecule has 1 aliphatic rings. The summed E-state index contributed by atoms with van der Waals surface area (Å²) in [5, 5.41) is 21.2. The first-order chi connectivity index (χ1) is 12.7. The summed E-state index contributed by atoms with van der Waals surface area (Å²) in [6.07, 6.45) is 0.546. The van der Waals surface area contributed by atoms with Gasteiger partial charge in [-0.25, -0.2) is 8.78 Å². The van der Waals surface area contributed by atoms with Gasteiger partial charge >= 0.3 is 0 Å². The molecule has 2 rings (SSSR count). The van der Waals surface area contributed by atoms with Crippen molar-refractivity contribution in [2.45, 2.75) is 30.6 Å². The van der Waals surface area contributed by atoms with Crippen LogP contribution in [0.1, 0.15) is 18.4 Å². The number of nitrogens with one attached hydrogen (secondary N) is 2. The number of rotatable bonds is 8. The largest absolute Gasteiger partial charge is 0.499 e. The maximum atomic E-state index is 13.3. The van der Waals surface area contributed by atoms with Gasteiger partial charge in [-0.15, -0.1) is 0 Å². The molecule has 1 aromatic rings. The van der Waals surface area contributed by atoms with Crippen LogP contribution in [0.5, 0.6) is 0 Å². The summed E-state index contributed by atoms with van der Waals surface area (Å²) < 4.78 is 37.1. The Morgan fingerprint density at radius 1 is 1.48 bits per heavy atom. The summed E-state index contributed by atoms with van der Waals surface area (Å²) in [7, 11) is 1.47. The van der Waals surface area contributed by atoms with Gasteiger partial charge in [0.1, 0.15) is 23.5 Å². The van der Waals surface area contributed by atoms with Gasteiger partial charge in [0.15, 0.2) is 5.60 Å². The first-order valence-corrected chi connectivity index (χ1v) is 8.23. The molecule has 0 bridgehead atoms. The van der Waals surface area contributed by atoms with E-state index in [2.05, 4.69) is 18.5 Å². The Bertz CT molecular complexity index is 748. The van der Waals surface area contributed by atoms with Crippen molar-refractivity contribution in [2.75, 3.05) is 13.7 Å². The molecule has 146 valence electrons. The van der Waals surface area contributed by atoms with Crippen LogP contribution in [0.25, 0.3) is 0 Å². The average molecular weight is 380 g/mol. The number of benzene rings is 1. The lowest BCUT2D eigenvalue weighted by Crippen LogP contribution is -2.50. The molecule has 1 fully saturated rings. The lowest BCUT2D eigenvalue weighted by atomic mass is 9.92. The summed E-state index contributed by atoms with van der Waals surface area (Å²) in [6.45, 7) is 7.36. The van der Waals surface area contributed by atoms with Crippen molar-refractivity contribution in [2.24, 2.45) is 0 Å². The quantitative estimate of drug-likeness (QED) is 0.366. The number of amides is 1. The van der Waals surface area contributed by atoms with Gasteiger partial charge in [-0.1, -0.05) is 19.2 Å². The summed E-state index contributed by atoms with van der Waals surface area (Å²) in [5.41, 5.74) is -2.49. The van der Waals surface area contributed by atoms with E-state index >= 15 is 0 Å². The summed E-state index contributed by atoms with van der Waals surface area (Å²) in [4.78, 5) is 12.5. The van der Waals surface area contributed by atoms with E-state index in [0.717, 1.165) is 18.2 Å². The molecule has 3 N–H and O–H groups in total. The van der Waals surface area contributed by atoms with Crippen LogP contribution in [0.3, 0.4) is 0 Å². The second-order valence-corrected chi connectivity index (χ2v) is 6.34. The van der Waals surface area contributed by atoms with E-state index < -0.39 is 29.6 Å². The molecule has 0 spiro atoms. The van der Waals surface area contributed by atoms with Gasteiger partial charge in [0.05, 0.1) is 19.8 Å². The standard InChI is InChI=1S/C19H22F2N2O4/c1-4-19(25,9-16(22)12-5-13(20)7-14(21)6-12)18(24)23-15-8-17(27-10-15)11(2)26-3/h4-7,15,17,22,25H,1-2,8-10H2,3H3,(H,23,24)/t15-,17-,19?/m1/s1. The van der Waals surface area contributed by atoms with Gasteiger partial charge in [-0.05, 0) is 12.1 Å². The normalized spacial score (nSPS) is 21.2. The molecule has 27 heavy (non-hydrogen) atoms. The van der Waals surface area contributed by atoms with Crippen LogP contribution in [-0.2, 0) is 14.3 Å². The van der Waals surface area contributed by atoms with Crippen molar-refractivity contribution in [1.29, 1.82) is 5.41 Å². The van der Waals surface area contributed by atoms with E-state index in [9.17, 15) is 18.7 Å². The molecule has 0 saturated carbocycles. The number of aliphatic hydroxyl groups is 1. The summed E-state index contributed by atoms with van der Waals surface area (Å²) in [5.74, 6) is -2.06. The molecule has 1 aromatic carbocycles. The molecule has 0 radical (unpaired) electrons. The van der Waals surface area contributed by atoms with Gasteiger partial charge in [-0.2, -0.15) is 0 Å². The first-order valence-electron chi connectivity index (χ1n) is 8.23. The Morgan fingerprint density at radius 3 is 2.67 bits per heavy atom. The fraction of sp³-hybridized carbons (Fsp3) is 0.368. The molecular weight excluding hydrogens is 358 g/mol. The fourth-order valence-electron chi connectivity index (χ4n) is 2.74. The topological polar surface area (TPSA) is 91.6 Å². The predicted octanol–water partition coefficient (Wildman–Crippen LogP) is 2.07. The van der Waals surface area contributed by atoms with Gasteiger partial charge in [0, 0.05) is 30.2 Å². The van der Waals surface area contributed by atoms with Crippen LogP contribution in [0.2, 0.25) is 0 Å². The second kappa shape index (κ2) is 8.41. The van der Waals surface area contributed by atoms with E-state index in [0.29, 0.717) is 18.2 Å². The minimum atomic E-state index is -2.11. The third kappa shape index (κ3) is 4.99. The Hall–Kier alpha value is -2.58. The van der Waals surface area contributed by atoms with Crippen LogP contribution in [0, 0.1) is 17.0 Å². The van der Waals surface area contributed by atoms with Crippen molar-refractivity contribution >= 4 is 11.6 Å². The highest BCUT2D eigenvalue weighted by atomic mass is 19.1. The van der Waals surface area contributed by atoms with Crippen LogP contribution >= 0.6 is 0 Å². The molecule has 1 unspecified atom stereocenters. The number of halogens is 2. The van der Waals surface area contributed by atoms with E-state index in [4.69, 9.17) is 14.9 Å². The van der Waals surface area contributed by atoms with Crippen molar-refractivity contribution in [3.63, 3.8) is 0 Å². The number of methoxy groups -OCH3 is 1. The van der Waals surface area contributed by atoms with Crippen molar-refractivity contribution in [3.05, 3.63) is 60.4 Å². The minimum Gasteiger partial charge on any atom is -0.499 e. The third-order valence-electron chi connectivity index (χ3n) is 4.34. The van der Waals surface area contributed by atoms with Crippen molar-refractivity contribution in [3.8, 4) is 0 Å². The third-order valence-corrected chi connectivity index (χ3v) is 4.34. The van der Waals surface area contributed by atoms with E-state index in [1.165, 1.54) is 7.11 Å². The highest BCUT2D eigenvalue weighted by Gasteiger charge is 2.38. The van der Waals surface area contributed by atoms with Crippen LogP contribution < -0.4 is 5.32 Å². The number of carbonyl (C=O) groups excluding carboxylic acids is 1. The highest BCUT2D eigenvalue weighted by molar-refractivity contribution is 6.03. The molecule has 0 aliphatic carbocycles. The zero-order chi connectivity index (χ0) is 20.2. The smallest absolute Gasteiger partial charge is 0.256 e. The maximum absolute atomic E-state index is 13.3.